The third-order valence-electron chi connectivity index (χ3n) is 3.64. The van der Waals surface area contributed by atoms with E-state index in [2.05, 4.69) is 5.92 Å². The second kappa shape index (κ2) is 7.34. The number of amides is 1. The van der Waals surface area contributed by atoms with Gasteiger partial charge < -0.3 is 10.6 Å². The first-order valence-electron chi connectivity index (χ1n) is 6.60. The second-order valence-electron chi connectivity index (χ2n) is 4.98. The molecule has 0 aromatic rings. The van der Waals surface area contributed by atoms with Crippen molar-refractivity contribution in [1.82, 2.24) is 4.90 Å². The summed E-state index contributed by atoms with van der Waals surface area (Å²) in [7, 11) is 1.92. The number of hydrogen-bond donors (Lipinski definition) is 1. The number of nitrogens with zero attached hydrogens (tertiary/aromatic N) is 1. The van der Waals surface area contributed by atoms with Crippen LogP contribution in [0.15, 0.2) is 0 Å². The Morgan fingerprint density at radius 3 is 2.59 bits per heavy atom. The first kappa shape index (κ1) is 14.1. The molecule has 1 aliphatic carbocycles. The Hall–Kier alpha value is -1.01. The third-order valence-corrected chi connectivity index (χ3v) is 3.64. The van der Waals surface area contributed by atoms with E-state index in [1.165, 1.54) is 0 Å². The van der Waals surface area contributed by atoms with E-state index in [-0.39, 0.29) is 5.91 Å². The van der Waals surface area contributed by atoms with Gasteiger partial charge in [0.1, 0.15) is 0 Å². The highest BCUT2D eigenvalue weighted by atomic mass is 16.2. The van der Waals surface area contributed by atoms with E-state index in [1.807, 2.05) is 11.9 Å². The summed E-state index contributed by atoms with van der Waals surface area (Å²) in [5.41, 5.74) is 5.86. The molecule has 1 aliphatic rings. The molecule has 1 fully saturated rings. The van der Waals surface area contributed by atoms with Gasteiger partial charge in [0.05, 0.1) is 0 Å². The van der Waals surface area contributed by atoms with Crippen molar-refractivity contribution < 1.29 is 4.79 Å². The zero-order valence-corrected chi connectivity index (χ0v) is 10.8. The lowest BCUT2D eigenvalue weighted by atomic mass is 9.91. The van der Waals surface area contributed by atoms with E-state index >= 15 is 0 Å². The number of carbonyl (C=O) groups excluding carboxylic acids is 1. The average molecular weight is 236 g/mol. The van der Waals surface area contributed by atoms with Gasteiger partial charge in [-0.2, -0.15) is 0 Å². The maximum atomic E-state index is 11.9. The minimum atomic E-state index is 0.252. The summed E-state index contributed by atoms with van der Waals surface area (Å²) in [5, 5.41) is 0. The number of unbranched alkanes of at least 4 members (excludes halogenated alkanes) is 2. The van der Waals surface area contributed by atoms with Crippen LogP contribution in [0.2, 0.25) is 0 Å². The van der Waals surface area contributed by atoms with Gasteiger partial charge in [-0.3, -0.25) is 4.79 Å². The Bertz CT molecular complexity index is 274. The predicted molar refractivity (Wildman–Crippen MR) is 70.3 cm³/mol. The van der Waals surface area contributed by atoms with Gasteiger partial charge in [0.25, 0.3) is 0 Å². The molecule has 1 saturated carbocycles. The van der Waals surface area contributed by atoms with Gasteiger partial charge in [0, 0.05) is 32.0 Å². The van der Waals surface area contributed by atoms with E-state index in [9.17, 15) is 4.79 Å². The fraction of sp³-hybridized carbons (Fsp3) is 0.786. The van der Waals surface area contributed by atoms with E-state index in [0.29, 0.717) is 18.5 Å². The predicted octanol–water partition coefficient (Wildman–Crippen LogP) is 1.91. The highest BCUT2D eigenvalue weighted by Crippen LogP contribution is 2.21. The maximum Gasteiger partial charge on any atom is 0.222 e. The second-order valence-corrected chi connectivity index (χ2v) is 4.98. The molecule has 3 nitrogen and oxygen atoms in total. The number of carbonyl (C=O) groups is 1. The van der Waals surface area contributed by atoms with Crippen molar-refractivity contribution >= 4 is 5.91 Å². The zero-order chi connectivity index (χ0) is 12.7. The van der Waals surface area contributed by atoms with Crippen LogP contribution in [0.1, 0.15) is 51.4 Å². The summed E-state index contributed by atoms with van der Waals surface area (Å²) in [5.74, 6) is 2.85. The highest BCUT2D eigenvalue weighted by molar-refractivity contribution is 5.76. The summed E-state index contributed by atoms with van der Waals surface area (Å²) >= 11 is 0. The van der Waals surface area contributed by atoms with Crippen LogP contribution in [0.4, 0.5) is 0 Å². The Morgan fingerprint density at radius 2 is 2.00 bits per heavy atom. The van der Waals surface area contributed by atoms with Gasteiger partial charge in [-0.25, -0.2) is 0 Å². The third kappa shape index (κ3) is 4.79. The molecule has 0 bridgehead atoms. The van der Waals surface area contributed by atoms with Gasteiger partial charge in [-0.1, -0.05) is 0 Å². The normalized spacial score (nSPS) is 24.1. The number of hydrogen-bond acceptors (Lipinski definition) is 2. The van der Waals surface area contributed by atoms with Crippen LogP contribution >= 0.6 is 0 Å². The van der Waals surface area contributed by atoms with Crippen LogP contribution < -0.4 is 5.73 Å². The summed E-state index contributed by atoms with van der Waals surface area (Å²) in [6.45, 7) is 0. The summed E-state index contributed by atoms with van der Waals surface area (Å²) in [6, 6.07) is 0.736. The summed E-state index contributed by atoms with van der Waals surface area (Å²) < 4.78 is 0. The molecule has 1 amide bonds. The molecule has 96 valence electrons. The maximum absolute atomic E-state index is 11.9. The zero-order valence-electron chi connectivity index (χ0n) is 10.8. The molecule has 0 heterocycles. The minimum Gasteiger partial charge on any atom is -0.343 e. The van der Waals surface area contributed by atoms with Gasteiger partial charge in [0.2, 0.25) is 5.91 Å². The lowest BCUT2D eigenvalue weighted by Crippen LogP contribution is -2.41. The monoisotopic (exact) mass is 236 g/mol. The molecule has 0 aromatic heterocycles. The van der Waals surface area contributed by atoms with Crippen LogP contribution in [-0.2, 0) is 4.79 Å². The van der Waals surface area contributed by atoms with Crippen molar-refractivity contribution in [3.8, 4) is 12.3 Å². The largest absolute Gasteiger partial charge is 0.343 e. The molecule has 1 rings (SSSR count). The number of terminal acetylenes is 1. The number of nitrogens with two attached hydrogens (primary N) is 1. The fourth-order valence-corrected chi connectivity index (χ4v) is 2.37. The van der Waals surface area contributed by atoms with Gasteiger partial charge in [-0.05, 0) is 38.5 Å². The van der Waals surface area contributed by atoms with Crippen molar-refractivity contribution in [2.75, 3.05) is 7.05 Å². The van der Waals surface area contributed by atoms with Crippen molar-refractivity contribution in [3.63, 3.8) is 0 Å². The molecule has 0 unspecified atom stereocenters. The Balaban J connectivity index is 2.24. The average Bonchev–Trinajstić information content (AvgIpc) is 2.34. The van der Waals surface area contributed by atoms with Gasteiger partial charge in [0.15, 0.2) is 0 Å². The molecule has 17 heavy (non-hydrogen) atoms. The van der Waals surface area contributed by atoms with Crippen LogP contribution in [0.25, 0.3) is 0 Å². The summed E-state index contributed by atoms with van der Waals surface area (Å²) in [6.07, 6.45) is 12.6. The van der Waals surface area contributed by atoms with E-state index < -0.39 is 0 Å². The van der Waals surface area contributed by atoms with E-state index in [4.69, 9.17) is 12.2 Å². The van der Waals surface area contributed by atoms with Crippen LogP contribution in [0.5, 0.6) is 0 Å². The molecular weight excluding hydrogens is 212 g/mol. The standard InChI is InChI=1S/C14H24N2O/c1-3-4-5-6-7-14(17)16(2)13-10-8-12(15)9-11-13/h1,12-13H,4-11,15H2,2H3. The van der Waals surface area contributed by atoms with Crippen molar-refractivity contribution in [3.05, 3.63) is 0 Å². The smallest absolute Gasteiger partial charge is 0.222 e. The molecule has 0 radical (unpaired) electrons. The summed E-state index contributed by atoms with van der Waals surface area (Å²) in [4.78, 5) is 13.8. The van der Waals surface area contributed by atoms with Crippen molar-refractivity contribution in [2.24, 2.45) is 5.73 Å². The molecule has 0 spiro atoms. The van der Waals surface area contributed by atoms with Crippen molar-refractivity contribution in [2.45, 2.75) is 63.5 Å². The minimum absolute atomic E-state index is 0.252. The highest BCUT2D eigenvalue weighted by Gasteiger charge is 2.24. The molecule has 3 heteroatoms. The molecule has 0 saturated heterocycles. The van der Waals surface area contributed by atoms with Crippen LogP contribution in [0, 0.1) is 12.3 Å². The Labute approximate surface area is 105 Å². The molecule has 0 aromatic carbocycles. The van der Waals surface area contributed by atoms with E-state index in [0.717, 1.165) is 44.9 Å². The van der Waals surface area contributed by atoms with E-state index in [1.54, 1.807) is 0 Å². The fourth-order valence-electron chi connectivity index (χ4n) is 2.37. The van der Waals surface area contributed by atoms with Gasteiger partial charge in [-0.15, -0.1) is 12.3 Å². The number of rotatable bonds is 5. The van der Waals surface area contributed by atoms with Crippen LogP contribution in [0.3, 0.4) is 0 Å². The molecule has 0 aliphatic heterocycles. The van der Waals surface area contributed by atoms with Crippen LogP contribution in [-0.4, -0.2) is 29.9 Å². The Morgan fingerprint density at radius 1 is 1.35 bits per heavy atom. The lowest BCUT2D eigenvalue weighted by Gasteiger charge is -2.33. The first-order chi connectivity index (χ1) is 8.15. The molecular formula is C14H24N2O. The molecule has 2 N–H and O–H groups in total. The SMILES string of the molecule is C#CCCCCC(=O)N(C)C1CCC(N)CC1. The van der Waals surface area contributed by atoms with Crippen molar-refractivity contribution in [1.29, 1.82) is 0 Å². The Kier molecular flexibility index (Phi) is 6.07. The first-order valence-corrected chi connectivity index (χ1v) is 6.60. The lowest BCUT2D eigenvalue weighted by molar-refractivity contribution is -0.132. The van der Waals surface area contributed by atoms with Gasteiger partial charge >= 0.3 is 0 Å². The topological polar surface area (TPSA) is 46.3 Å². The molecule has 0 atom stereocenters. The quantitative estimate of drug-likeness (QED) is 0.585.